The highest BCUT2D eigenvalue weighted by atomic mass is 35.5. The van der Waals surface area contributed by atoms with Crippen molar-refractivity contribution >= 4 is 34.6 Å². The van der Waals surface area contributed by atoms with E-state index in [9.17, 15) is 14.0 Å². The molecule has 3 aliphatic rings. The molecule has 2 aromatic rings. The van der Waals surface area contributed by atoms with Crippen LogP contribution in [0.4, 0.5) is 4.39 Å². The van der Waals surface area contributed by atoms with Crippen LogP contribution in [-0.2, 0) is 11.2 Å². The van der Waals surface area contributed by atoms with Crippen molar-refractivity contribution in [2.24, 2.45) is 5.41 Å². The van der Waals surface area contributed by atoms with E-state index >= 15 is 0 Å². The van der Waals surface area contributed by atoms with Crippen molar-refractivity contribution in [3.05, 3.63) is 45.1 Å². The van der Waals surface area contributed by atoms with Crippen molar-refractivity contribution in [1.82, 2.24) is 10.3 Å². The predicted octanol–water partition coefficient (Wildman–Crippen LogP) is 4.19. The molecule has 0 unspecified atom stereocenters. The quantitative estimate of drug-likeness (QED) is 0.648. The van der Waals surface area contributed by atoms with Crippen molar-refractivity contribution in [3.63, 3.8) is 0 Å². The molecule has 0 spiro atoms. The molecule has 0 atom stereocenters. The van der Waals surface area contributed by atoms with E-state index < -0.39 is 5.82 Å². The molecule has 0 aliphatic heterocycles. The minimum Gasteiger partial charge on any atom is -0.484 e. The molecule has 28 heavy (non-hydrogen) atoms. The van der Waals surface area contributed by atoms with Crippen LogP contribution in [-0.4, -0.2) is 28.8 Å². The monoisotopic (exact) mass is 422 g/mol. The number of halogens is 2. The fraction of sp³-hybridized carbons (Fsp3) is 0.450. The number of aromatic nitrogens is 1. The van der Waals surface area contributed by atoms with Gasteiger partial charge in [-0.1, -0.05) is 18.5 Å². The maximum absolute atomic E-state index is 13.4. The zero-order chi connectivity index (χ0) is 19.9. The van der Waals surface area contributed by atoms with E-state index in [4.69, 9.17) is 16.3 Å². The number of hydrogen-bond acceptors (Lipinski definition) is 5. The minimum absolute atomic E-state index is 0.00256. The first-order chi connectivity index (χ1) is 13.3. The van der Waals surface area contributed by atoms with E-state index in [0.29, 0.717) is 11.4 Å². The van der Waals surface area contributed by atoms with Gasteiger partial charge in [0, 0.05) is 23.4 Å². The minimum atomic E-state index is -0.586. The summed E-state index contributed by atoms with van der Waals surface area (Å²) in [6, 6.07) is 4.06. The van der Waals surface area contributed by atoms with Gasteiger partial charge in [-0.15, -0.1) is 11.3 Å². The third kappa shape index (κ3) is 3.65. The van der Waals surface area contributed by atoms with Gasteiger partial charge in [-0.05, 0) is 43.2 Å². The highest BCUT2D eigenvalue weighted by Crippen LogP contribution is 2.69. The number of thiazole rings is 1. The third-order valence-corrected chi connectivity index (χ3v) is 6.73. The maximum Gasteiger partial charge on any atom is 0.258 e. The normalized spacial score (nSPS) is 24.8. The van der Waals surface area contributed by atoms with Gasteiger partial charge < -0.3 is 10.1 Å². The van der Waals surface area contributed by atoms with Crippen LogP contribution in [0.25, 0.3) is 0 Å². The average molecular weight is 423 g/mol. The lowest BCUT2D eigenvalue weighted by Gasteiger charge is -2.70. The number of ether oxygens (including phenoxy) is 1. The molecule has 148 valence electrons. The number of carbonyl (C=O) groups is 2. The summed E-state index contributed by atoms with van der Waals surface area (Å²) in [7, 11) is 0. The summed E-state index contributed by atoms with van der Waals surface area (Å²) >= 11 is 7.03. The molecule has 0 saturated heterocycles. The molecule has 8 heteroatoms. The van der Waals surface area contributed by atoms with Gasteiger partial charge >= 0.3 is 0 Å². The Hall–Kier alpha value is -1.99. The van der Waals surface area contributed by atoms with Crippen LogP contribution >= 0.6 is 22.9 Å². The Bertz CT molecular complexity index is 926. The summed E-state index contributed by atoms with van der Waals surface area (Å²) in [6.07, 6.45) is 3.73. The lowest BCUT2D eigenvalue weighted by molar-refractivity contribution is -0.164. The zero-order valence-corrected chi connectivity index (χ0v) is 17.0. The van der Waals surface area contributed by atoms with E-state index in [0.717, 1.165) is 37.4 Å². The second kappa shape index (κ2) is 7.12. The summed E-state index contributed by atoms with van der Waals surface area (Å²) < 4.78 is 18.7. The molecule has 1 heterocycles. The van der Waals surface area contributed by atoms with Gasteiger partial charge in [0.05, 0.1) is 10.7 Å². The molecule has 1 aromatic carbocycles. The average Bonchev–Trinajstić information content (AvgIpc) is 3.09. The van der Waals surface area contributed by atoms with E-state index in [1.807, 2.05) is 12.3 Å². The fourth-order valence-electron chi connectivity index (χ4n) is 4.38. The summed E-state index contributed by atoms with van der Waals surface area (Å²) in [4.78, 5) is 29.0. The molecule has 5 rings (SSSR count). The fourth-order valence-corrected chi connectivity index (χ4v) is 5.34. The smallest absolute Gasteiger partial charge is 0.258 e. The Balaban J connectivity index is 1.23. The van der Waals surface area contributed by atoms with Crippen LogP contribution in [0, 0.1) is 11.2 Å². The van der Waals surface area contributed by atoms with Crippen LogP contribution in [0.1, 0.15) is 48.1 Å². The van der Waals surface area contributed by atoms with Crippen molar-refractivity contribution in [2.45, 2.75) is 44.6 Å². The molecule has 3 fully saturated rings. The standard InChI is InChI=1S/C20H20ClFN2O3S/c1-2-12-8-28-18(23-12)16(25)6-19-9-20(10-19,11-19)24-17(26)7-27-13-3-4-14(21)15(22)5-13/h3-5,8H,2,6-7,9-11H2,1H3,(H,24,26). The van der Waals surface area contributed by atoms with Crippen molar-refractivity contribution < 1.29 is 18.7 Å². The van der Waals surface area contributed by atoms with E-state index in [-0.39, 0.29) is 40.0 Å². The van der Waals surface area contributed by atoms with E-state index in [1.54, 1.807) is 0 Å². The van der Waals surface area contributed by atoms with Crippen LogP contribution in [0.15, 0.2) is 23.6 Å². The Kier molecular flexibility index (Phi) is 4.91. The van der Waals surface area contributed by atoms with Gasteiger partial charge in [-0.2, -0.15) is 0 Å². The number of benzene rings is 1. The van der Waals surface area contributed by atoms with Crippen LogP contribution in [0.5, 0.6) is 5.75 Å². The Morgan fingerprint density at radius 1 is 1.36 bits per heavy atom. The second-order valence-corrected chi connectivity index (χ2v) is 9.09. The molecule has 1 aromatic heterocycles. The van der Waals surface area contributed by atoms with Crippen LogP contribution in [0.2, 0.25) is 5.02 Å². The number of nitrogens with one attached hydrogen (secondary N) is 1. The van der Waals surface area contributed by atoms with Gasteiger partial charge in [-0.3, -0.25) is 9.59 Å². The lowest BCUT2D eigenvalue weighted by Crippen LogP contribution is -2.75. The van der Waals surface area contributed by atoms with Crippen molar-refractivity contribution in [2.75, 3.05) is 6.61 Å². The Morgan fingerprint density at radius 3 is 2.75 bits per heavy atom. The predicted molar refractivity (Wildman–Crippen MR) is 105 cm³/mol. The van der Waals surface area contributed by atoms with Gasteiger partial charge in [-0.25, -0.2) is 9.37 Å². The highest BCUT2D eigenvalue weighted by Gasteiger charge is 2.68. The number of hydrogen-bond donors (Lipinski definition) is 1. The zero-order valence-electron chi connectivity index (χ0n) is 15.4. The summed E-state index contributed by atoms with van der Waals surface area (Å²) in [5.74, 6) is -0.483. The molecule has 1 amide bonds. The van der Waals surface area contributed by atoms with Gasteiger partial charge in [0.2, 0.25) is 0 Å². The molecule has 1 N–H and O–H groups in total. The van der Waals surface area contributed by atoms with Crippen LogP contribution in [0.3, 0.4) is 0 Å². The second-order valence-electron chi connectivity index (χ2n) is 7.82. The third-order valence-electron chi connectivity index (χ3n) is 5.49. The molecular weight excluding hydrogens is 403 g/mol. The summed E-state index contributed by atoms with van der Waals surface area (Å²) in [6.45, 7) is 1.83. The molecular formula is C20H20ClFN2O3S. The van der Waals surface area contributed by atoms with Gasteiger partial charge in [0.15, 0.2) is 17.4 Å². The maximum atomic E-state index is 13.4. The molecule has 3 saturated carbocycles. The lowest BCUT2D eigenvalue weighted by atomic mass is 9.38. The van der Waals surface area contributed by atoms with Gasteiger partial charge in [0.1, 0.15) is 11.6 Å². The SMILES string of the molecule is CCc1csc(C(=O)CC23CC(NC(=O)COc4ccc(Cl)c(F)c4)(C2)C3)n1. The molecule has 2 bridgehead atoms. The molecule has 5 nitrogen and oxygen atoms in total. The number of ketones is 1. The van der Waals surface area contributed by atoms with E-state index in [2.05, 4.69) is 10.3 Å². The highest BCUT2D eigenvalue weighted by molar-refractivity contribution is 7.11. The van der Waals surface area contributed by atoms with E-state index in [1.165, 1.54) is 23.5 Å². The number of Topliss-reactive ketones (excluding diaryl/α,β-unsaturated/α-hetero) is 1. The first-order valence-corrected chi connectivity index (χ1v) is 10.4. The summed E-state index contributed by atoms with van der Waals surface area (Å²) in [5, 5.41) is 5.53. The topological polar surface area (TPSA) is 68.3 Å². The number of rotatable bonds is 8. The van der Waals surface area contributed by atoms with Crippen molar-refractivity contribution in [1.29, 1.82) is 0 Å². The Labute approximate surface area is 171 Å². The number of amides is 1. The first-order valence-electron chi connectivity index (χ1n) is 9.19. The largest absolute Gasteiger partial charge is 0.484 e. The Morgan fingerprint density at radius 2 is 2.11 bits per heavy atom. The molecule has 3 aliphatic carbocycles. The van der Waals surface area contributed by atoms with Crippen LogP contribution < -0.4 is 10.1 Å². The van der Waals surface area contributed by atoms with Gasteiger partial charge in [0.25, 0.3) is 5.91 Å². The summed E-state index contributed by atoms with van der Waals surface area (Å²) in [5.41, 5.74) is 0.738. The number of nitrogens with zero attached hydrogens (tertiary/aromatic N) is 1. The number of carbonyl (C=O) groups excluding carboxylic acids is 2. The molecule has 0 radical (unpaired) electrons. The number of aryl methyl sites for hydroxylation is 1. The van der Waals surface area contributed by atoms with Crippen molar-refractivity contribution in [3.8, 4) is 5.75 Å². The first kappa shape index (κ1) is 19.3.